The van der Waals surface area contributed by atoms with Crippen molar-refractivity contribution in [2.75, 3.05) is 20.3 Å². The third kappa shape index (κ3) is 1.95. The van der Waals surface area contributed by atoms with Crippen LogP contribution in [0.15, 0.2) is 18.2 Å². The molecule has 1 saturated heterocycles. The molecule has 0 N–H and O–H groups in total. The number of ether oxygens (including phenoxy) is 2. The van der Waals surface area contributed by atoms with Gasteiger partial charge < -0.3 is 9.47 Å². The summed E-state index contributed by atoms with van der Waals surface area (Å²) in [5, 5.41) is 0. The van der Waals surface area contributed by atoms with E-state index in [0.717, 1.165) is 31.6 Å². The number of rotatable bonds is 1. The molecule has 0 unspecified atom stereocenters. The third-order valence-electron chi connectivity index (χ3n) is 6.49. The van der Waals surface area contributed by atoms with Crippen LogP contribution in [0, 0.1) is 17.3 Å². The highest BCUT2D eigenvalue weighted by molar-refractivity contribution is 5.86. The molecule has 3 heteroatoms. The molecule has 0 bridgehead atoms. The summed E-state index contributed by atoms with van der Waals surface area (Å²) >= 11 is 0. The quantitative estimate of drug-likeness (QED) is 0.798. The molecule has 0 radical (unpaired) electrons. The number of hydrogen-bond donors (Lipinski definition) is 0. The van der Waals surface area contributed by atoms with Crippen LogP contribution in [-0.4, -0.2) is 26.1 Å². The van der Waals surface area contributed by atoms with Crippen molar-refractivity contribution in [3.05, 3.63) is 29.3 Å². The topological polar surface area (TPSA) is 35.5 Å². The summed E-state index contributed by atoms with van der Waals surface area (Å²) in [6.45, 7) is 3.26. The van der Waals surface area contributed by atoms with Gasteiger partial charge in [-0.25, -0.2) is 0 Å². The molecule has 0 amide bonds. The van der Waals surface area contributed by atoms with Crippen LogP contribution in [0.5, 0.6) is 5.75 Å². The zero-order chi connectivity index (χ0) is 15.3. The Bertz CT molecular complexity index is 609. The number of carbonyl (C=O) groups excluding carboxylic acids is 1. The zero-order valence-electron chi connectivity index (χ0n) is 13.4. The molecule has 0 spiro atoms. The molecule has 22 heavy (non-hydrogen) atoms. The molecule has 1 heterocycles. The number of aryl methyl sites for hydroxylation is 1. The second-order valence-corrected chi connectivity index (χ2v) is 7.37. The number of Topliss-reactive ketones (excluding diaryl/α,β-unsaturated/α-hetero) is 1. The molecule has 1 aromatic rings. The summed E-state index contributed by atoms with van der Waals surface area (Å²) in [6.07, 6.45) is 4.39. The van der Waals surface area contributed by atoms with Crippen molar-refractivity contribution in [3.63, 3.8) is 0 Å². The molecule has 3 aliphatic rings. The molecule has 4 rings (SSSR count). The molecule has 1 saturated carbocycles. The van der Waals surface area contributed by atoms with Crippen molar-refractivity contribution in [1.82, 2.24) is 0 Å². The highest BCUT2D eigenvalue weighted by atomic mass is 16.5. The maximum absolute atomic E-state index is 12.4. The van der Waals surface area contributed by atoms with Crippen LogP contribution in [0.4, 0.5) is 0 Å². The van der Waals surface area contributed by atoms with Gasteiger partial charge in [0.05, 0.1) is 13.7 Å². The van der Waals surface area contributed by atoms with Gasteiger partial charge in [-0.3, -0.25) is 4.79 Å². The number of hydrogen-bond acceptors (Lipinski definition) is 3. The molecule has 0 aromatic heterocycles. The van der Waals surface area contributed by atoms with Crippen LogP contribution in [0.3, 0.4) is 0 Å². The number of benzene rings is 1. The minimum absolute atomic E-state index is 0.149. The summed E-state index contributed by atoms with van der Waals surface area (Å²) in [4.78, 5) is 12.4. The summed E-state index contributed by atoms with van der Waals surface area (Å²) in [6, 6.07) is 6.53. The molecular weight excluding hydrogens is 276 g/mol. The Morgan fingerprint density at radius 2 is 2.18 bits per heavy atom. The van der Waals surface area contributed by atoms with Gasteiger partial charge in [0.1, 0.15) is 12.4 Å². The van der Waals surface area contributed by atoms with E-state index in [-0.39, 0.29) is 5.41 Å². The van der Waals surface area contributed by atoms with Gasteiger partial charge in [-0.1, -0.05) is 13.0 Å². The standard InChI is InChI=1S/C19H24O3/c1-19-8-7-15-14-6-4-13(21-2)9-12(14)3-5-16(15)17(19)10-22-11-18(19)20/h4,6,9,15-17H,3,5,7-8,10-11H2,1-2H3/t15-,16+,17-,19-/m0/s1. The van der Waals surface area contributed by atoms with Gasteiger partial charge in [-0.15, -0.1) is 0 Å². The average molecular weight is 300 g/mol. The first-order chi connectivity index (χ1) is 10.6. The summed E-state index contributed by atoms with van der Waals surface area (Å²) in [7, 11) is 1.73. The maximum atomic E-state index is 12.4. The molecule has 1 aliphatic heterocycles. The molecular formula is C19H24O3. The first kappa shape index (κ1) is 14.3. The van der Waals surface area contributed by atoms with Gasteiger partial charge in [0.15, 0.2) is 5.78 Å². The highest BCUT2D eigenvalue weighted by Gasteiger charge is 2.53. The van der Waals surface area contributed by atoms with Crippen molar-refractivity contribution >= 4 is 5.78 Å². The van der Waals surface area contributed by atoms with E-state index < -0.39 is 0 Å². The maximum Gasteiger partial charge on any atom is 0.164 e. The van der Waals surface area contributed by atoms with Crippen molar-refractivity contribution in [1.29, 1.82) is 0 Å². The van der Waals surface area contributed by atoms with Gasteiger partial charge in [0.25, 0.3) is 0 Å². The molecule has 2 aliphatic carbocycles. The Kier molecular flexibility index (Phi) is 3.30. The van der Waals surface area contributed by atoms with Crippen LogP contribution in [0.25, 0.3) is 0 Å². The molecule has 3 nitrogen and oxygen atoms in total. The first-order valence-corrected chi connectivity index (χ1v) is 8.41. The van der Waals surface area contributed by atoms with Crippen LogP contribution in [0.1, 0.15) is 43.2 Å². The fraction of sp³-hybridized carbons (Fsp3) is 0.632. The average Bonchev–Trinajstić information content (AvgIpc) is 2.55. The van der Waals surface area contributed by atoms with E-state index in [9.17, 15) is 4.79 Å². The molecule has 4 atom stereocenters. The lowest BCUT2D eigenvalue weighted by atomic mass is 9.53. The number of methoxy groups -OCH3 is 1. The third-order valence-corrected chi connectivity index (χ3v) is 6.49. The Hall–Kier alpha value is -1.35. The zero-order valence-corrected chi connectivity index (χ0v) is 13.4. The second-order valence-electron chi connectivity index (χ2n) is 7.37. The SMILES string of the molecule is COc1ccc2c(c1)CC[C@@H]1[C@H]2CC[C@]2(C)C(=O)COC[C@@H]12. The lowest BCUT2D eigenvalue weighted by Crippen LogP contribution is -2.53. The van der Waals surface area contributed by atoms with E-state index in [1.165, 1.54) is 17.5 Å². The van der Waals surface area contributed by atoms with Crippen molar-refractivity contribution < 1.29 is 14.3 Å². The van der Waals surface area contributed by atoms with Gasteiger partial charge in [-0.05, 0) is 66.7 Å². The lowest BCUT2D eigenvalue weighted by molar-refractivity contribution is -0.156. The summed E-state index contributed by atoms with van der Waals surface area (Å²) in [5.41, 5.74) is 2.77. The van der Waals surface area contributed by atoms with E-state index in [1.807, 2.05) is 0 Å². The van der Waals surface area contributed by atoms with Crippen molar-refractivity contribution in [2.45, 2.75) is 38.5 Å². The fourth-order valence-electron chi connectivity index (χ4n) is 5.10. The van der Waals surface area contributed by atoms with Crippen molar-refractivity contribution in [2.24, 2.45) is 17.3 Å². The first-order valence-electron chi connectivity index (χ1n) is 8.41. The molecule has 2 fully saturated rings. The molecule has 1 aromatic carbocycles. The predicted molar refractivity (Wildman–Crippen MR) is 84.2 cm³/mol. The number of fused-ring (bicyclic) bond motifs is 5. The van der Waals surface area contributed by atoms with E-state index in [2.05, 4.69) is 25.1 Å². The smallest absolute Gasteiger partial charge is 0.164 e. The number of ketones is 1. The van der Waals surface area contributed by atoms with Gasteiger partial charge >= 0.3 is 0 Å². The van der Waals surface area contributed by atoms with Crippen molar-refractivity contribution in [3.8, 4) is 5.75 Å². The monoisotopic (exact) mass is 300 g/mol. The minimum Gasteiger partial charge on any atom is -0.497 e. The van der Waals surface area contributed by atoms with E-state index >= 15 is 0 Å². The van der Waals surface area contributed by atoms with E-state index in [4.69, 9.17) is 9.47 Å². The van der Waals surface area contributed by atoms with Crippen LogP contribution >= 0.6 is 0 Å². The Morgan fingerprint density at radius 1 is 1.32 bits per heavy atom. The predicted octanol–water partition coefficient (Wildman–Crippen LogP) is 3.36. The van der Waals surface area contributed by atoms with Crippen LogP contribution in [0.2, 0.25) is 0 Å². The van der Waals surface area contributed by atoms with Gasteiger partial charge in [0.2, 0.25) is 0 Å². The van der Waals surface area contributed by atoms with Gasteiger partial charge in [0, 0.05) is 5.41 Å². The van der Waals surface area contributed by atoms with Crippen LogP contribution < -0.4 is 4.74 Å². The lowest BCUT2D eigenvalue weighted by Gasteiger charge is -2.52. The van der Waals surface area contributed by atoms with Crippen LogP contribution in [-0.2, 0) is 16.0 Å². The fourth-order valence-corrected chi connectivity index (χ4v) is 5.10. The summed E-state index contributed by atoms with van der Waals surface area (Å²) in [5.74, 6) is 2.84. The Balaban J connectivity index is 1.69. The van der Waals surface area contributed by atoms with E-state index in [0.29, 0.717) is 30.1 Å². The Morgan fingerprint density at radius 3 is 3.00 bits per heavy atom. The highest BCUT2D eigenvalue weighted by Crippen LogP contribution is 2.56. The minimum atomic E-state index is -0.149. The second kappa shape index (κ2) is 5.09. The molecule has 118 valence electrons. The Labute approximate surface area is 132 Å². The number of carbonyl (C=O) groups is 1. The largest absolute Gasteiger partial charge is 0.497 e. The van der Waals surface area contributed by atoms with E-state index in [1.54, 1.807) is 7.11 Å². The summed E-state index contributed by atoms with van der Waals surface area (Å²) < 4.78 is 11.0. The van der Waals surface area contributed by atoms with Gasteiger partial charge in [-0.2, -0.15) is 0 Å². The normalized spacial score (nSPS) is 37.0.